The minimum Gasteiger partial charge on any atom is -0.354 e. The molecule has 0 radical (unpaired) electrons. The number of nitrogens with zero attached hydrogens (tertiary/aromatic N) is 2. The molecule has 1 N–H and O–H groups in total. The Morgan fingerprint density at radius 3 is 2.50 bits per heavy atom. The van der Waals surface area contributed by atoms with E-state index in [1.54, 1.807) is 6.92 Å². The predicted octanol–water partition coefficient (Wildman–Crippen LogP) is 4.81. The van der Waals surface area contributed by atoms with Crippen molar-refractivity contribution in [2.24, 2.45) is 5.18 Å². The molecule has 0 aliphatic rings. The zero-order chi connectivity index (χ0) is 16.3. The molecule has 22 heavy (non-hydrogen) atoms. The van der Waals surface area contributed by atoms with Gasteiger partial charge in [0.05, 0.1) is 28.8 Å². The third-order valence-electron chi connectivity index (χ3n) is 2.94. The van der Waals surface area contributed by atoms with Gasteiger partial charge >= 0.3 is 6.18 Å². The van der Waals surface area contributed by atoms with Crippen LogP contribution < -0.4 is 5.32 Å². The predicted molar refractivity (Wildman–Crippen MR) is 73.1 cm³/mol. The first-order valence-electron chi connectivity index (χ1n) is 6.23. The largest absolute Gasteiger partial charge is 0.418 e. The summed E-state index contributed by atoms with van der Waals surface area (Å²) in [6.07, 6.45) is -3.41. The highest BCUT2D eigenvalue weighted by Gasteiger charge is 2.34. The minimum atomic E-state index is -4.69. The summed E-state index contributed by atoms with van der Waals surface area (Å²) in [5.41, 5.74) is -0.723. The van der Waals surface area contributed by atoms with Crippen LogP contribution in [0.5, 0.6) is 0 Å². The van der Waals surface area contributed by atoms with Crippen LogP contribution in [0.15, 0.2) is 41.7 Å². The topological polar surface area (TPSA) is 54.4 Å². The summed E-state index contributed by atoms with van der Waals surface area (Å²) in [4.78, 5) is 14.3. The van der Waals surface area contributed by atoms with Crippen LogP contribution in [0.2, 0.25) is 0 Å². The van der Waals surface area contributed by atoms with E-state index in [0.717, 1.165) is 12.1 Å². The molecule has 0 aliphatic carbocycles. The van der Waals surface area contributed by atoms with Gasteiger partial charge in [0.15, 0.2) is 0 Å². The van der Waals surface area contributed by atoms with Crippen LogP contribution >= 0.6 is 0 Å². The SMILES string of the molecule is CC(N=O)c1ccc(Nc2ccc(F)cc2C(F)(F)F)cn1. The Hall–Kier alpha value is -2.51. The molecule has 0 amide bonds. The number of alkyl halides is 3. The van der Waals surface area contributed by atoms with Crippen LogP contribution in [-0.2, 0) is 6.18 Å². The maximum atomic E-state index is 13.0. The van der Waals surface area contributed by atoms with Crippen LogP contribution in [0.1, 0.15) is 24.2 Å². The number of halogens is 4. The van der Waals surface area contributed by atoms with E-state index in [1.165, 1.54) is 18.3 Å². The van der Waals surface area contributed by atoms with E-state index >= 15 is 0 Å². The molecule has 0 saturated carbocycles. The highest BCUT2D eigenvalue weighted by atomic mass is 19.4. The molecule has 1 aromatic carbocycles. The number of anilines is 2. The number of pyridine rings is 1. The summed E-state index contributed by atoms with van der Waals surface area (Å²) >= 11 is 0. The van der Waals surface area contributed by atoms with Crippen molar-refractivity contribution in [2.75, 3.05) is 5.32 Å². The molecule has 0 spiro atoms. The average Bonchev–Trinajstić information content (AvgIpc) is 2.48. The van der Waals surface area contributed by atoms with E-state index in [-0.39, 0.29) is 11.4 Å². The fraction of sp³-hybridized carbons (Fsp3) is 0.214. The Bertz CT molecular complexity index is 671. The lowest BCUT2D eigenvalue weighted by molar-refractivity contribution is -0.137. The maximum Gasteiger partial charge on any atom is 0.418 e. The summed E-state index contributed by atoms with van der Waals surface area (Å²) < 4.78 is 51.6. The van der Waals surface area contributed by atoms with Gasteiger partial charge in [-0.2, -0.15) is 18.1 Å². The van der Waals surface area contributed by atoms with Gasteiger partial charge in [0.1, 0.15) is 11.9 Å². The standard InChI is InChI=1S/C14H11F4N3O/c1-8(21-22)12-5-3-10(7-19-12)20-13-4-2-9(15)6-11(13)14(16,17)18/h2-8,20H,1H3. The van der Waals surface area contributed by atoms with Crippen molar-refractivity contribution in [1.82, 2.24) is 4.98 Å². The molecular formula is C14H11F4N3O. The Morgan fingerprint density at radius 1 is 1.23 bits per heavy atom. The van der Waals surface area contributed by atoms with Crippen LogP contribution in [-0.4, -0.2) is 4.98 Å². The lowest BCUT2D eigenvalue weighted by atomic mass is 10.1. The van der Waals surface area contributed by atoms with E-state index in [2.05, 4.69) is 15.5 Å². The van der Waals surface area contributed by atoms with Crippen molar-refractivity contribution in [2.45, 2.75) is 19.1 Å². The molecule has 0 aliphatic heterocycles. The van der Waals surface area contributed by atoms with Gasteiger partial charge in [0.25, 0.3) is 0 Å². The fourth-order valence-corrected chi connectivity index (χ4v) is 1.80. The van der Waals surface area contributed by atoms with Crippen LogP contribution in [0, 0.1) is 10.7 Å². The molecule has 1 atom stereocenters. The van der Waals surface area contributed by atoms with Crippen LogP contribution in [0.4, 0.5) is 28.9 Å². The van der Waals surface area contributed by atoms with Crippen molar-refractivity contribution in [1.29, 1.82) is 0 Å². The van der Waals surface area contributed by atoms with Gasteiger partial charge in [-0.3, -0.25) is 4.98 Å². The van der Waals surface area contributed by atoms with Gasteiger partial charge in [-0.1, -0.05) is 5.18 Å². The third kappa shape index (κ3) is 3.57. The number of aromatic nitrogens is 1. The number of nitrogens with one attached hydrogen (secondary N) is 1. The number of hydrogen-bond acceptors (Lipinski definition) is 4. The first-order chi connectivity index (χ1) is 10.3. The normalized spacial score (nSPS) is 12.8. The van der Waals surface area contributed by atoms with Crippen molar-refractivity contribution in [3.05, 3.63) is 58.5 Å². The zero-order valence-electron chi connectivity index (χ0n) is 11.4. The molecule has 0 bridgehead atoms. The number of hydrogen-bond donors (Lipinski definition) is 1. The van der Waals surface area contributed by atoms with E-state index in [0.29, 0.717) is 11.8 Å². The second-order valence-corrected chi connectivity index (χ2v) is 4.57. The lowest BCUT2D eigenvalue weighted by Crippen LogP contribution is -2.09. The van der Waals surface area contributed by atoms with E-state index in [4.69, 9.17) is 0 Å². The third-order valence-corrected chi connectivity index (χ3v) is 2.94. The van der Waals surface area contributed by atoms with Crippen LogP contribution in [0.3, 0.4) is 0 Å². The second kappa shape index (κ2) is 6.08. The van der Waals surface area contributed by atoms with Crippen molar-refractivity contribution < 1.29 is 17.6 Å². The monoisotopic (exact) mass is 313 g/mol. The first kappa shape index (κ1) is 15.9. The number of rotatable bonds is 4. The first-order valence-corrected chi connectivity index (χ1v) is 6.23. The zero-order valence-corrected chi connectivity index (χ0v) is 11.4. The van der Waals surface area contributed by atoms with Crippen LogP contribution in [0.25, 0.3) is 0 Å². The van der Waals surface area contributed by atoms with Gasteiger partial charge in [0.2, 0.25) is 0 Å². The molecule has 0 saturated heterocycles. The molecule has 4 nitrogen and oxygen atoms in total. The van der Waals surface area contributed by atoms with E-state index < -0.39 is 23.6 Å². The van der Waals surface area contributed by atoms with Gasteiger partial charge in [-0.15, -0.1) is 0 Å². The molecule has 0 fully saturated rings. The molecule has 8 heteroatoms. The second-order valence-electron chi connectivity index (χ2n) is 4.57. The Kier molecular flexibility index (Phi) is 4.39. The fourth-order valence-electron chi connectivity index (χ4n) is 1.80. The number of nitroso groups, excluding NO2 is 1. The van der Waals surface area contributed by atoms with Gasteiger partial charge < -0.3 is 5.32 Å². The molecular weight excluding hydrogens is 302 g/mol. The van der Waals surface area contributed by atoms with Crippen molar-refractivity contribution in [3.8, 4) is 0 Å². The summed E-state index contributed by atoms with van der Waals surface area (Å²) in [6.45, 7) is 1.55. The molecule has 1 unspecified atom stereocenters. The smallest absolute Gasteiger partial charge is 0.354 e. The Balaban J connectivity index is 2.29. The summed E-state index contributed by atoms with van der Waals surface area (Å²) in [6, 6.07) is 4.64. The Labute approximate surface area is 123 Å². The molecule has 1 aromatic heterocycles. The lowest BCUT2D eigenvalue weighted by Gasteiger charge is -2.14. The van der Waals surface area contributed by atoms with Crippen molar-refractivity contribution in [3.63, 3.8) is 0 Å². The quantitative estimate of drug-likeness (QED) is 0.651. The Morgan fingerprint density at radius 2 is 1.95 bits per heavy atom. The highest BCUT2D eigenvalue weighted by Crippen LogP contribution is 2.36. The minimum absolute atomic E-state index is 0.277. The summed E-state index contributed by atoms with van der Waals surface area (Å²) in [5.74, 6) is -0.975. The summed E-state index contributed by atoms with van der Waals surface area (Å²) in [5, 5.41) is 5.34. The van der Waals surface area contributed by atoms with Gasteiger partial charge in [0, 0.05) is 0 Å². The molecule has 2 aromatic rings. The maximum absolute atomic E-state index is 13.0. The van der Waals surface area contributed by atoms with Gasteiger partial charge in [-0.05, 0) is 37.3 Å². The molecule has 1 heterocycles. The average molecular weight is 313 g/mol. The number of benzene rings is 1. The van der Waals surface area contributed by atoms with Gasteiger partial charge in [-0.25, -0.2) is 4.39 Å². The van der Waals surface area contributed by atoms with E-state index in [1.807, 2.05) is 0 Å². The van der Waals surface area contributed by atoms with Crippen molar-refractivity contribution >= 4 is 11.4 Å². The van der Waals surface area contributed by atoms with E-state index in [9.17, 15) is 22.5 Å². The molecule has 2 rings (SSSR count). The molecule has 116 valence electrons. The highest BCUT2D eigenvalue weighted by molar-refractivity contribution is 5.63. The summed E-state index contributed by atoms with van der Waals surface area (Å²) in [7, 11) is 0.